The fraction of sp³-hybridized carbons (Fsp3) is 0.621. The van der Waals surface area contributed by atoms with Crippen LogP contribution < -0.4 is 4.89 Å². The molecule has 0 radical (unpaired) electrons. The highest BCUT2D eigenvalue weighted by molar-refractivity contribution is 7.45. The van der Waals surface area contributed by atoms with Gasteiger partial charge in [0.1, 0.15) is 19.8 Å². The number of nitrogens with zero attached hydrogens (tertiary/aromatic N) is 1. The van der Waals surface area contributed by atoms with Crippen molar-refractivity contribution in [1.82, 2.24) is 0 Å². The average Bonchev–Trinajstić information content (AvgIpc) is 3.30. The van der Waals surface area contributed by atoms with E-state index < -0.39 is 32.5 Å². The third-order valence-corrected chi connectivity index (χ3v) is 11.4. The number of rotatable bonds is 46. The number of allylic oxidation sites excluding steroid dienone is 20. The first-order valence-electron chi connectivity index (χ1n) is 26.2. The molecule has 0 fully saturated rings. The molecule has 2 atom stereocenters. The first-order valence-corrected chi connectivity index (χ1v) is 27.7. The molecule has 0 heterocycles. The van der Waals surface area contributed by atoms with Crippen molar-refractivity contribution in [2.75, 3.05) is 47.5 Å². The molecule has 0 aliphatic carbocycles. The van der Waals surface area contributed by atoms with Crippen LogP contribution in [0.1, 0.15) is 181 Å². The van der Waals surface area contributed by atoms with Gasteiger partial charge in [0.15, 0.2) is 6.10 Å². The molecular weight excluding hydrogens is 870 g/mol. The highest BCUT2D eigenvalue weighted by Crippen LogP contribution is 2.38. The first kappa shape index (κ1) is 64.4. The van der Waals surface area contributed by atoms with Crippen molar-refractivity contribution in [3.63, 3.8) is 0 Å². The number of hydrogen-bond acceptors (Lipinski definition) is 8. The summed E-state index contributed by atoms with van der Waals surface area (Å²) in [5, 5.41) is 0. The molecule has 2 unspecified atom stereocenters. The molecule has 0 aromatic heterocycles. The summed E-state index contributed by atoms with van der Waals surface area (Å²) in [6.07, 6.45) is 67.9. The summed E-state index contributed by atoms with van der Waals surface area (Å²) in [6, 6.07) is 0. The first-order chi connectivity index (χ1) is 33.0. The molecule has 68 heavy (non-hydrogen) atoms. The minimum absolute atomic E-state index is 0.0442. The summed E-state index contributed by atoms with van der Waals surface area (Å²) in [4.78, 5) is 37.8. The average molecular weight is 966 g/mol. The molecule has 0 aliphatic heterocycles. The van der Waals surface area contributed by atoms with Crippen molar-refractivity contribution in [3.8, 4) is 0 Å². The van der Waals surface area contributed by atoms with Crippen LogP contribution in [0.15, 0.2) is 122 Å². The van der Waals surface area contributed by atoms with E-state index in [0.717, 1.165) is 128 Å². The summed E-state index contributed by atoms with van der Waals surface area (Å²) < 4.78 is 34.0. The van der Waals surface area contributed by atoms with Crippen LogP contribution in [-0.4, -0.2) is 70.0 Å². The number of phosphoric ester groups is 1. The predicted octanol–water partition coefficient (Wildman–Crippen LogP) is 15.4. The van der Waals surface area contributed by atoms with E-state index in [1.54, 1.807) is 0 Å². The zero-order valence-electron chi connectivity index (χ0n) is 43.5. The molecule has 386 valence electrons. The maximum absolute atomic E-state index is 12.8. The van der Waals surface area contributed by atoms with Crippen molar-refractivity contribution in [2.24, 2.45) is 0 Å². The zero-order chi connectivity index (χ0) is 49.9. The summed E-state index contributed by atoms with van der Waals surface area (Å²) in [5.74, 6) is -0.879. The highest BCUT2D eigenvalue weighted by atomic mass is 31.2. The highest BCUT2D eigenvalue weighted by Gasteiger charge is 2.21. The Balaban J connectivity index is 4.34. The number of ether oxygens (including phenoxy) is 2. The molecule has 0 aliphatic rings. The van der Waals surface area contributed by atoms with E-state index >= 15 is 0 Å². The van der Waals surface area contributed by atoms with Gasteiger partial charge < -0.3 is 27.9 Å². The van der Waals surface area contributed by atoms with Crippen LogP contribution >= 0.6 is 7.82 Å². The number of hydrogen-bond donors (Lipinski definition) is 0. The van der Waals surface area contributed by atoms with Gasteiger partial charge in [-0.05, 0) is 103 Å². The van der Waals surface area contributed by atoms with E-state index in [-0.39, 0.29) is 26.1 Å². The smallest absolute Gasteiger partial charge is 0.306 e. The van der Waals surface area contributed by atoms with Gasteiger partial charge in [-0.1, -0.05) is 187 Å². The summed E-state index contributed by atoms with van der Waals surface area (Å²) in [6.45, 7) is 3.95. The van der Waals surface area contributed by atoms with Gasteiger partial charge in [0.2, 0.25) is 0 Å². The molecule has 0 spiro atoms. The number of likely N-dealkylation sites (N-methyl/N-ethyl adjacent to an activating group) is 1. The van der Waals surface area contributed by atoms with E-state index in [9.17, 15) is 19.0 Å². The SMILES string of the molecule is CC/C=C\C/C=C\C/C=C\C/C=C\C/C=C\CCCCCCCCCC(=O)OC(COC(=O)CCCCCCC/C=C\C/C=C\C/C=C\C/C=C\C/C=C\CC)COP(=O)([O-])OCC[N+](C)(C)C. The monoisotopic (exact) mass is 966 g/mol. The molecule has 0 N–H and O–H groups in total. The van der Waals surface area contributed by atoms with Crippen molar-refractivity contribution in [2.45, 2.75) is 187 Å². The topological polar surface area (TPSA) is 111 Å². The van der Waals surface area contributed by atoms with Gasteiger partial charge in [0.05, 0.1) is 27.7 Å². The Morgan fingerprint density at radius 3 is 1.18 bits per heavy atom. The molecule has 9 nitrogen and oxygen atoms in total. The third-order valence-electron chi connectivity index (χ3n) is 10.5. The molecule has 0 aromatic carbocycles. The normalized spacial score (nSPS) is 14.4. The van der Waals surface area contributed by atoms with Crippen LogP contribution in [0, 0.1) is 0 Å². The van der Waals surface area contributed by atoms with E-state index in [2.05, 4.69) is 135 Å². The van der Waals surface area contributed by atoms with Gasteiger partial charge in [-0.25, -0.2) is 0 Å². The maximum atomic E-state index is 12.8. The standard InChI is InChI=1S/C58H96NO8P/c1-6-8-10-12-14-16-18-20-22-24-26-28-29-31-33-35-37-39-41-43-45-47-49-51-58(61)67-56(55-66-68(62,63)65-53-52-59(3,4)5)54-64-57(60)50-48-46-44-42-40-38-36-34-32-30-27-25-23-21-19-17-15-13-11-9-7-2/h8-11,14-17,20-23,26-28,30-31,33-34,36,56H,6-7,12-13,18-19,24-25,29,32,35,37-55H2,1-5H3/b10-8-,11-9-,16-14-,17-15-,22-20-,23-21-,28-26-,30-27-,33-31-,36-34-. The summed E-state index contributed by atoms with van der Waals surface area (Å²) >= 11 is 0. The molecule has 0 saturated heterocycles. The second kappa shape index (κ2) is 48.4. The van der Waals surface area contributed by atoms with E-state index in [1.165, 1.54) is 12.8 Å². The summed E-state index contributed by atoms with van der Waals surface area (Å²) in [5.41, 5.74) is 0. The fourth-order valence-corrected chi connectivity index (χ4v) is 7.20. The van der Waals surface area contributed by atoms with Gasteiger partial charge in [0.25, 0.3) is 7.82 Å². The van der Waals surface area contributed by atoms with E-state index in [4.69, 9.17) is 18.5 Å². The van der Waals surface area contributed by atoms with Crippen molar-refractivity contribution < 1.29 is 42.1 Å². The Morgan fingerprint density at radius 2 is 0.794 bits per heavy atom. The number of phosphoric acid groups is 1. The number of carbonyl (C=O) groups is 2. The quantitative estimate of drug-likeness (QED) is 0.0195. The van der Waals surface area contributed by atoms with Gasteiger partial charge >= 0.3 is 11.9 Å². The van der Waals surface area contributed by atoms with Crippen molar-refractivity contribution in [3.05, 3.63) is 122 Å². The fourth-order valence-electron chi connectivity index (χ4n) is 6.47. The molecule has 0 rings (SSSR count). The number of quaternary nitrogens is 1. The van der Waals surface area contributed by atoms with Crippen LogP contribution in [0.5, 0.6) is 0 Å². The van der Waals surface area contributed by atoms with Crippen LogP contribution in [0.2, 0.25) is 0 Å². The Bertz CT molecular complexity index is 1560. The molecular formula is C58H96NO8P. The lowest BCUT2D eigenvalue weighted by atomic mass is 10.1. The summed E-state index contributed by atoms with van der Waals surface area (Å²) in [7, 11) is 1.12. The van der Waals surface area contributed by atoms with Crippen LogP contribution in [0.4, 0.5) is 0 Å². The lowest BCUT2D eigenvalue weighted by molar-refractivity contribution is -0.870. The number of carbonyl (C=O) groups excluding carboxylic acids is 2. The van der Waals surface area contributed by atoms with E-state index in [0.29, 0.717) is 23.9 Å². The van der Waals surface area contributed by atoms with E-state index in [1.807, 2.05) is 21.1 Å². The van der Waals surface area contributed by atoms with Crippen molar-refractivity contribution >= 4 is 19.8 Å². The second-order valence-corrected chi connectivity index (χ2v) is 19.5. The lowest BCUT2D eigenvalue weighted by Crippen LogP contribution is -2.37. The maximum Gasteiger partial charge on any atom is 0.306 e. The zero-order valence-corrected chi connectivity index (χ0v) is 44.4. The van der Waals surface area contributed by atoms with Crippen LogP contribution in [0.25, 0.3) is 0 Å². The molecule has 0 amide bonds. The van der Waals surface area contributed by atoms with Crippen LogP contribution in [0.3, 0.4) is 0 Å². The Kier molecular flexibility index (Phi) is 45.9. The Labute approximate surface area is 416 Å². The largest absolute Gasteiger partial charge is 0.756 e. The molecule has 0 bridgehead atoms. The molecule has 0 aromatic rings. The minimum atomic E-state index is -4.65. The number of esters is 2. The Hall–Kier alpha value is -3.59. The van der Waals surface area contributed by atoms with Gasteiger partial charge in [-0.2, -0.15) is 0 Å². The molecule has 10 heteroatoms. The lowest BCUT2D eigenvalue weighted by Gasteiger charge is -2.28. The molecule has 0 saturated carbocycles. The van der Waals surface area contributed by atoms with Crippen molar-refractivity contribution in [1.29, 1.82) is 0 Å². The predicted molar refractivity (Wildman–Crippen MR) is 286 cm³/mol. The number of unbranched alkanes of at least 4 members (excludes halogenated alkanes) is 12. The Morgan fingerprint density at radius 1 is 0.456 bits per heavy atom. The van der Waals surface area contributed by atoms with Gasteiger partial charge in [-0.3, -0.25) is 14.2 Å². The third kappa shape index (κ3) is 51.8. The van der Waals surface area contributed by atoms with Gasteiger partial charge in [0, 0.05) is 12.8 Å². The second-order valence-electron chi connectivity index (χ2n) is 18.1. The minimum Gasteiger partial charge on any atom is -0.756 e. The van der Waals surface area contributed by atoms with Crippen LogP contribution in [-0.2, 0) is 32.7 Å². The van der Waals surface area contributed by atoms with Gasteiger partial charge in [-0.15, -0.1) is 0 Å².